The summed E-state index contributed by atoms with van der Waals surface area (Å²) in [4.78, 5) is 20.3. The van der Waals surface area contributed by atoms with Crippen molar-refractivity contribution in [3.63, 3.8) is 0 Å². The van der Waals surface area contributed by atoms with Crippen LogP contribution in [-0.2, 0) is 0 Å². The number of hydrogen-bond donors (Lipinski definition) is 0. The quantitative estimate of drug-likeness (QED) is 0.672. The van der Waals surface area contributed by atoms with Crippen LogP contribution in [0.2, 0.25) is 0 Å². The first-order valence-electron chi connectivity index (χ1n) is 5.56. The molecule has 5 heteroatoms. The van der Waals surface area contributed by atoms with Gasteiger partial charge in [-0.05, 0) is 42.6 Å². The molecule has 1 aromatic carbocycles. The van der Waals surface area contributed by atoms with E-state index in [1.807, 2.05) is 32.0 Å². The third-order valence-corrected chi connectivity index (χ3v) is 3.88. The summed E-state index contributed by atoms with van der Waals surface area (Å²) in [6.07, 6.45) is 3.08. The van der Waals surface area contributed by atoms with Crippen molar-refractivity contribution in [2.45, 2.75) is 13.8 Å². The van der Waals surface area contributed by atoms with Crippen molar-refractivity contribution < 1.29 is 0 Å². The van der Waals surface area contributed by atoms with Gasteiger partial charge in [0.1, 0.15) is 6.33 Å². The second kappa shape index (κ2) is 4.03. The highest BCUT2D eigenvalue weighted by atomic mass is 32.1. The molecule has 90 valence electrons. The summed E-state index contributed by atoms with van der Waals surface area (Å²) in [6.45, 7) is 4.01. The molecule has 2 aromatic heterocycles. The van der Waals surface area contributed by atoms with Crippen LogP contribution in [0.1, 0.15) is 11.1 Å². The van der Waals surface area contributed by atoms with Gasteiger partial charge in [0.05, 0.1) is 10.4 Å². The van der Waals surface area contributed by atoms with Gasteiger partial charge in [0.15, 0.2) is 5.52 Å². The monoisotopic (exact) mass is 257 g/mol. The van der Waals surface area contributed by atoms with Crippen LogP contribution in [0.3, 0.4) is 0 Å². The summed E-state index contributed by atoms with van der Waals surface area (Å²) in [5, 5.41) is 0. The van der Waals surface area contributed by atoms with E-state index in [1.165, 1.54) is 17.9 Å². The second-order valence-electron chi connectivity index (χ2n) is 4.22. The van der Waals surface area contributed by atoms with E-state index in [4.69, 9.17) is 0 Å². The average Bonchev–Trinajstić information content (AvgIpc) is 2.71. The standard InChI is InChI=1S/C13H11N3OS/c1-8-3-4-9(2)10(5-8)16-13(17)12-11(18-16)6-14-7-15-12/h3-7H,1-2H3. The molecule has 0 radical (unpaired) electrons. The highest BCUT2D eigenvalue weighted by molar-refractivity contribution is 7.14. The smallest absolute Gasteiger partial charge is 0.266 e. The predicted octanol–water partition coefficient (Wildman–Crippen LogP) is 2.46. The molecule has 0 atom stereocenters. The number of nitrogens with zero attached hydrogens (tertiary/aromatic N) is 3. The summed E-state index contributed by atoms with van der Waals surface area (Å²) < 4.78 is 2.49. The zero-order valence-corrected chi connectivity index (χ0v) is 10.9. The fourth-order valence-electron chi connectivity index (χ4n) is 1.88. The van der Waals surface area contributed by atoms with Crippen LogP contribution in [0.4, 0.5) is 0 Å². The van der Waals surface area contributed by atoms with Gasteiger partial charge in [-0.2, -0.15) is 0 Å². The number of rotatable bonds is 1. The first kappa shape index (κ1) is 11.1. The Morgan fingerprint density at radius 2 is 2.11 bits per heavy atom. The summed E-state index contributed by atoms with van der Waals surface area (Å²) in [5.41, 5.74) is 3.53. The van der Waals surface area contributed by atoms with E-state index in [9.17, 15) is 4.79 Å². The lowest BCUT2D eigenvalue weighted by Gasteiger charge is -2.05. The Morgan fingerprint density at radius 1 is 1.28 bits per heavy atom. The fraction of sp³-hybridized carbons (Fsp3) is 0.154. The number of aryl methyl sites for hydroxylation is 2. The predicted molar refractivity (Wildman–Crippen MR) is 72.5 cm³/mol. The van der Waals surface area contributed by atoms with Crippen molar-refractivity contribution in [2.75, 3.05) is 0 Å². The van der Waals surface area contributed by atoms with Gasteiger partial charge < -0.3 is 0 Å². The Kier molecular flexibility index (Phi) is 2.48. The lowest BCUT2D eigenvalue weighted by molar-refractivity contribution is 1.10. The van der Waals surface area contributed by atoms with Crippen LogP contribution in [-0.4, -0.2) is 13.9 Å². The molecule has 4 nitrogen and oxygen atoms in total. The van der Waals surface area contributed by atoms with E-state index in [2.05, 4.69) is 9.97 Å². The molecule has 0 fully saturated rings. The number of aromatic nitrogens is 3. The second-order valence-corrected chi connectivity index (χ2v) is 5.20. The van der Waals surface area contributed by atoms with Gasteiger partial charge in [0.2, 0.25) is 0 Å². The van der Waals surface area contributed by atoms with Crippen LogP contribution in [0, 0.1) is 13.8 Å². The Bertz CT molecular complexity index is 788. The lowest BCUT2D eigenvalue weighted by atomic mass is 10.1. The minimum Gasteiger partial charge on any atom is -0.266 e. The Balaban J connectivity index is 2.35. The van der Waals surface area contributed by atoms with Gasteiger partial charge in [-0.3, -0.25) is 4.79 Å². The van der Waals surface area contributed by atoms with Crippen LogP contribution in [0.5, 0.6) is 0 Å². The lowest BCUT2D eigenvalue weighted by Crippen LogP contribution is -2.12. The summed E-state index contributed by atoms with van der Waals surface area (Å²) in [7, 11) is 0. The maximum Gasteiger partial charge on any atom is 0.291 e. The van der Waals surface area contributed by atoms with Gasteiger partial charge in [0, 0.05) is 6.20 Å². The Labute approximate surface area is 108 Å². The number of benzene rings is 1. The van der Waals surface area contributed by atoms with E-state index >= 15 is 0 Å². The molecule has 0 saturated heterocycles. The largest absolute Gasteiger partial charge is 0.291 e. The van der Waals surface area contributed by atoms with E-state index in [0.717, 1.165) is 21.5 Å². The van der Waals surface area contributed by atoms with Gasteiger partial charge >= 0.3 is 0 Å². The normalized spacial score (nSPS) is 11.0. The molecule has 0 spiro atoms. The molecule has 0 saturated carbocycles. The molecule has 0 aliphatic rings. The average molecular weight is 257 g/mol. The summed E-state index contributed by atoms with van der Waals surface area (Å²) in [6, 6.07) is 6.07. The molecule has 0 N–H and O–H groups in total. The van der Waals surface area contributed by atoms with Crippen LogP contribution in [0.25, 0.3) is 15.9 Å². The molecule has 3 rings (SSSR count). The minimum absolute atomic E-state index is 0.0777. The van der Waals surface area contributed by atoms with E-state index in [0.29, 0.717) is 5.52 Å². The van der Waals surface area contributed by atoms with Crippen LogP contribution >= 0.6 is 11.5 Å². The molecular weight excluding hydrogens is 246 g/mol. The highest BCUT2D eigenvalue weighted by Crippen LogP contribution is 2.21. The zero-order valence-electron chi connectivity index (χ0n) is 10.0. The maximum absolute atomic E-state index is 12.3. The molecule has 0 unspecified atom stereocenters. The molecule has 0 amide bonds. The van der Waals surface area contributed by atoms with E-state index in [1.54, 1.807) is 10.2 Å². The van der Waals surface area contributed by atoms with E-state index in [-0.39, 0.29) is 5.56 Å². The molecular formula is C13H11N3OS. The first-order valence-corrected chi connectivity index (χ1v) is 6.34. The topological polar surface area (TPSA) is 47.8 Å². The summed E-state index contributed by atoms with van der Waals surface area (Å²) in [5.74, 6) is 0. The van der Waals surface area contributed by atoms with E-state index < -0.39 is 0 Å². The van der Waals surface area contributed by atoms with Crippen molar-refractivity contribution in [1.82, 2.24) is 13.9 Å². The van der Waals surface area contributed by atoms with Gasteiger partial charge in [-0.25, -0.2) is 13.9 Å². The molecule has 0 aliphatic carbocycles. The Hall–Kier alpha value is -2.01. The van der Waals surface area contributed by atoms with Crippen molar-refractivity contribution in [2.24, 2.45) is 0 Å². The minimum atomic E-state index is -0.0777. The number of hydrogen-bond acceptors (Lipinski definition) is 4. The number of fused-ring (bicyclic) bond motifs is 1. The molecule has 18 heavy (non-hydrogen) atoms. The van der Waals surface area contributed by atoms with Crippen molar-refractivity contribution >= 4 is 21.7 Å². The highest BCUT2D eigenvalue weighted by Gasteiger charge is 2.11. The van der Waals surface area contributed by atoms with Crippen molar-refractivity contribution in [3.05, 3.63) is 52.2 Å². The van der Waals surface area contributed by atoms with Crippen molar-refractivity contribution in [1.29, 1.82) is 0 Å². The molecule has 3 aromatic rings. The zero-order chi connectivity index (χ0) is 12.7. The van der Waals surface area contributed by atoms with Gasteiger partial charge in [-0.1, -0.05) is 12.1 Å². The molecule has 2 heterocycles. The maximum atomic E-state index is 12.3. The van der Waals surface area contributed by atoms with Crippen LogP contribution in [0.15, 0.2) is 35.5 Å². The summed E-state index contributed by atoms with van der Waals surface area (Å²) >= 11 is 1.38. The Morgan fingerprint density at radius 3 is 2.89 bits per heavy atom. The van der Waals surface area contributed by atoms with Crippen molar-refractivity contribution in [3.8, 4) is 5.69 Å². The molecule has 0 aliphatic heterocycles. The van der Waals surface area contributed by atoms with Gasteiger partial charge in [-0.15, -0.1) is 0 Å². The first-order chi connectivity index (χ1) is 8.66. The van der Waals surface area contributed by atoms with Gasteiger partial charge in [0.25, 0.3) is 5.56 Å². The fourth-order valence-corrected chi connectivity index (χ4v) is 2.87. The van der Waals surface area contributed by atoms with Crippen LogP contribution < -0.4 is 5.56 Å². The third-order valence-electron chi connectivity index (χ3n) is 2.84. The third kappa shape index (κ3) is 1.64. The SMILES string of the molecule is Cc1ccc(C)c(-n2sc3cncnc3c2=O)c1. The molecule has 0 bridgehead atoms.